The molecule has 0 radical (unpaired) electrons. The maximum absolute atomic E-state index is 13.3. The van der Waals surface area contributed by atoms with Gasteiger partial charge in [0.25, 0.3) is 0 Å². The molecule has 0 bridgehead atoms. The number of amides is 4. The standard InChI is InChI=1S/C26H42N6O7/c1-15(2)13-18(28)23(35)30-19(5-3-4-12-27)24(36)32-21(14-16-6-8-17(33)9-7-16)25(37)31-20(26(38)39)10-11-22(29)34/h6-9,15,18-21,33H,3-5,10-14,27-28H2,1-2H3,(H2,29,34)(H,30,35)(H,31,37)(H,32,36)(H,38,39). The number of phenols is 1. The van der Waals surface area contributed by atoms with E-state index in [1.54, 1.807) is 12.1 Å². The summed E-state index contributed by atoms with van der Waals surface area (Å²) in [7, 11) is 0. The van der Waals surface area contributed by atoms with Crippen molar-refractivity contribution in [3.63, 3.8) is 0 Å². The molecule has 0 spiro atoms. The number of carboxylic acid groups (broad SMARTS) is 1. The highest BCUT2D eigenvalue weighted by Crippen LogP contribution is 2.13. The number of carboxylic acids is 1. The van der Waals surface area contributed by atoms with Gasteiger partial charge in [-0.15, -0.1) is 0 Å². The molecule has 4 amide bonds. The molecule has 0 heterocycles. The van der Waals surface area contributed by atoms with Crippen molar-refractivity contribution in [2.45, 2.75) is 83.0 Å². The molecule has 1 aromatic rings. The number of nitrogens with two attached hydrogens (primary N) is 3. The topological polar surface area (TPSA) is 240 Å². The van der Waals surface area contributed by atoms with Crippen molar-refractivity contribution < 1.29 is 34.2 Å². The van der Waals surface area contributed by atoms with Gasteiger partial charge in [-0.3, -0.25) is 19.2 Å². The third kappa shape index (κ3) is 13.1. The van der Waals surface area contributed by atoms with Crippen LogP contribution in [0, 0.1) is 5.92 Å². The summed E-state index contributed by atoms with van der Waals surface area (Å²) in [5.74, 6) is -3.90. The molecule has 1 aromatic carbocycles. The summed E-state index contributed by atoms with van der Waals surface area (Å²) in [6.07, 6.45) is 1.24. The van der Waals surface area contributed by atoms with E-state index in [1.807, 2.05) is 13.8 Å². The Morgan fingerprint density at radius 2 is 1.41 bits per heavy atom. The molecular formula is C26H42N6O7. The summed E-state index contributed by atoms with van der Waals surface area (Å²) in [4.78, 5) is 61.9. The Hall–Kier alpha value is -3.71. The third-order valence-corrected chi connectivity index (χ3v) is 5.95. The number of aromatic hydroxyl groups is 1. The number of carbonyl (C=O) groups excluding carboxylic acids is 4. The number of carbonyl (C=O) groups is 5. The first-order valence-corrected chi connectivity index (χ1v) is 13.0. The van der Waals surface area contributed by atoms with Crippen molar-refractivity contribution in [1.29, 1.82) is 0 Å². The zero-order chi connectivity index (χ0) is 29.5. The number of unbranched alkanes of at least 4 members (excludes halogenated alkanes) is 1. The Labute approximate surface area is 228 Å². The number of hydrogen-bond acceptors (Lipinski definition) is 8. The third-order valence-electron chi connectivity index (χ3n) is 5.95. The smallest absolute Gasteiger partial charge is 0.326 e. The van der Waals surface area contributed by atoms with Crippen LogP contribution in [0.4, 0.5) is 0 Å². The molecular weight excluding hydrogens is 508 g/mol. The minimum atomic E-state index is -1.42. The van der Waals surface area contributed by atoms with Gasteiger partial charge in [0.2, 0.25) is 23.6 Å². The summed E-state index contributed by atoms with van der Waals surface area (Å²) in [6.45, 7) is 4.22. The van der Waals surface area contributed by atoms with Gasteiger partial charge in [0.15, 0.2) is 0 Å². The van der Waals surface area contributed by atoms with Gasteiger partial charge >= 0.3 is 5.97 Å². The molecule has 4 atom stereocenters. The second kappa shape index (κ2) is 17.0. The first-order valence-electron chi connectivity index (χ1n) is 13.0. The Morgan fingerprint density at radius 1 is 0.846 bits per heavy atom. The summed E-state index contributed by atoms with van der Waals surface area (Å²) in [5.41, 5.74) is 17.2. The van der Waals surface area contributed by atoms with Crippen LogP contribution in [0.2, 0.25) is 0 Å². The number of phenolic OH excluding ortho intramolecular Hbond substituents is 1. The second-order valence-electron chi connectivity index (χ2n) is 9.92. The summed E-state index contributed by atoms with van der Waals surface area (Å²) >= 11 is 0. The van der Waals surface area contributed by atoms with E-state index in [9.17, 15) is 34.2 Å². The molecule has 13 heteroatoms. The normalized spacial score (nSPS) is 14.1. The number of nitrogens with one attached hydrogen (secondary N) is 3. The quantitative estimate of drug-likeness (QED) is 0.107. The summed E-state index contributed by atoms with van der Waals surface area (Å²) in [5, 5.41) is 26.7. The highest BCUT2D eigenvalue weighted by molar-refractivity contribution is 5.94. The van der Waals surface area contributed by atoms with Gasteiger partial charge in [-0.05, 0) is 62.3 Å². The lowest BCUT2D eigenvalue weighted by molar-refractivity contribution is -0.142. The van der Waals surface area contributed by atoms with Crippen molar-refractivity contribution in [3.8, 4) is 5.75 Å². The zero-order valence-electron chi connectivity index (χ0n) is 22.5. The first-order chi connectivity index (χ1) is 18.3. The van der Waals surface area contributed by atoms with E-state index in [0.29, 0.717) is 31.4 Å². The highest BCUT2D eigenvalue weighted by atomic mass is 16.4. The van der Waals surface area contributed by atoms with Crippen LogP contribution in [-0.2, 0) is 30.4 Å². The Bertz CT molecular complexity index is 970. The minimum absolute atomic E-state index is 0.00148. The van der Waals surface area contributed by atoms with E-state index in [2.05, 4.69) is 16.0 Å². The maximum Gasteiger partial charge on any atom is 0.326 e. The van der Waals surface area contributed by atoms with Crippen molar-refractivity contribution in [1.82, 2.24) is 16.0 Å². The second-order valence-corrected chi connectivity index (χ2v) is 9.92. The molecule has 0 aliphatic rings. The Balaban J connectivity index is 3.15. The first kappa shape index (κ1) is 33.3. The fourth-order valence-electron chi connectivity index (χ4n) is 3.82. The largest absolute Gasteiger partial charge is 0.508 e. The van der Waals surface area contributed by atoms with Crippen molar-refractivity contribution >= 4 is 29.6 Å². The van der Waals surface area contributed by atoms with Gasteiger partial charge in [0.05, 0.1) is 6.04 Å². The van der Waals surface area contributed by atoms with Gasteiger partial charge in [-0.1, -0.05) is 26.0 Å². The van der Waals surface area contributed by atoms with Crippen LogP contribution in [0.5, 0.6) is 5.75 Å². The Morgan fingerprint density at radius 3 is 1.95 bits per heavy atom. The van der Waals surface area contributed by atoms with Gasteiger partial charge < -0.3 is 43.4 Å². The predicted molar refractivity (Wildman–Crippen MR) is 144 cm³/mol. The number of hydrogen-bond donors (Lipinski definition) is 8. The molecule has 0 aromatic heterocycles. The minimum Gasteiger partial charge on any atom is -0.508 e. The van der Waals surface area contributed by atoms with Crippen LogP contribution in [0.3, 0.4) is 0 Å². The van der Waals surface area contributed by atoms with Gasteiger partial charge in [-0.25, -0.2) is 4.79 Å². The van der Waals surface area contributed by atoms with E-state index in [-0.39, 0.29) is 37.4 Å². The van der Waals surface area contributed by atoms with Gasteiger partial charge in [-0.2, -0.15) is 0 Å². The van der Waals surface area contributed by atoms with Gasteiger partial charge in [0.1, 0.15) is 23.9 Å². The van der Waals surface area contributed by atoms with Crippen molar-refractivity contribution in [3.05, 3.63) is 29.8 Å². The molecule has 0 saturated heterocycles. The number of rotatable bonds is 18. The fraction of sp³-hybridized carbons (Fsp3) is 0.577. The lowest BCUT2D eigenvalue weighted by Crippen LogP contribution is -2.57. The number of benzene rings is 1. The van der Waals surface area contributed by atoms with Crippen LogP contribution in [0.25, 0.3) is 0 Å². The van der Waals surface area contributed by atoms with E-state index < -0.39 is 53.8 Å². The molecule has 0 aliphatic carbocycles. The molecule has 13 nitrogen and oxygen atoms in total. The average molecular weight is 551 g/mol. The lowest BCUT2D eigenvalue weighted by Gasteiger charge is -2.25. The summed E-state index contributed by atoms with van der Waals surface area (Å²) < 4.78 is 0. The maximum atomic E-state index is 13.3. The van der Waals surface area contributed by atoms with Crippen LogP contribution < -0.4 is 33.2 Å². The number of primary amides is 1. The Kier molecular flexibility index (Phi) is 14.5. The highest BCUT2D eigenvalue weighted by Gasteiger charge is 2.30. The average Bonchev–Trinajstić information content (AvgIpc) is 2.85. The molecule has 4 unspecified atom stereocenters. The van der Waals surface area contributed by atoms with Gasteiger partial charge in [0, 0.05) is 12.8 Å². The monoisotopic (exact) mass is 550 g/mol. The summed E-state index contributed by atoms with van der Waals surface area (Å²) in [6, 6.07) is 1.42. The molecule has 0 saturated carbocycles. The van der Waals surface area contributed by atoms with E-state index in [1.165, 1.54) is 12.1 Å². The molecule has 39 heavy (non-hydrogen) atoms. The van der Waals surface area contributed by atoms with Crippen LogP contribution in [0.1, 0.15) is 57.9 Å². The molecule has 11 N–H and O–H groups in total. The van der Waals surface area contributed by atoms with E-state index in [0.717, 1.165) is 0 Å². The predicted octanol–water partition coefficient (Wildman–Crippen LogP) is -0.758. The van der Waals surface area contributed by atoms with Crippen molar-refractivity contribution in [2.75, 3.05) is 6.54 Å². The lowest BCUT2D eigenvalue weighted by atomic mass is 10.0. The SMILES string of the molecule is CC(C)CC(N)C(=O)NC(CCCCN)C(=O)NC(Cc1ccc(O)cc1)C(=O)NC(CCC(N)=O)C(=O)O. The van der Waals surface area contributed by atoms with Crippen LogP contribution in [-0.4, -0.2) is 70.5 Å². The number of aliphatic carboxylic acids is 1. The zero-order valence-corrected chi connectivity index (χ0v) is 22.5. The molecule has 0 aliphatic heterocycles. The molecule has 218 valence electrons. The fourth-order valence-corrected chi connectivity index (χ4v) is 3.82. The molecule has 0 fully saturated rings. The van der Waals surface area contributed by atoms with Crippen LogP contribution in [0.15, 0.2) is 24.3 Å². The van der Waals surface area contributed by atoms with Crippen molar-refractivity contribution in [2.24, 2.45) is 23.1 Å². The molecule has 1 rings (SSSR count). The van der Waals surface area contributed by atoms with Crippen LogP contribution >= 0.6 is 0 Å². The van der Waals surface area contributed by atoms with E-state index in [4.69, 9.17) is 17.2 Å². The van der Waals surface area contributed by atoms with E-state index >= 15 is 0 Å².